The monoisotopic (exact) mass is 400 g/mol. The predicted octanol–water partition coefficient (Wildman–Crippen LogP) is 2.53. The summed E-state index contributed by atoms with van der Waals surface area (Å²) in [4.78, 5) is 24.1. The maximum Gasteiger partial charge on any atom is 0.346 e. The summed E-state index contributed by atoms with van der Waals surface area (Å²) in [6, 6.07) is 3.74. The summed E-state index contributed by atoms with van der Waals surface area (Å²) in [5.74, 6) is -1.65. The van der Waals surface area contributed by atoms with Crippen molar-refractivity contribution in [3.8, 4) is 5.88 Å². The SMILES string of the molecule is COC(=O)c1c(S(C)(=O)=O)ccc(C(=O)Oc2ccnn2C(C)C)c1Cl. The van der Waals surface area contributed by atoms with Crippen molar-refractivity contribution in [1.29, 1.82) is 0 Å². The number of rotatable bonds is 5. The molecule has 0 spiro atoms. The van der Waals surface area contributed by atoms with Gasteiger partial charge >= 0.3 is 11.9 Å². The van der Waals surface area contributed by atoms with Crippen LogP contribution >= 0.6 is 11.6 Å². The fourth-order valence-electron chi connectivity index (χ4n) is 2.24. The van der Waals surface area contributed by atoms with Crippen molar-refractivity contribution in [3.63, 3.8) is 0 Å². The Morgan fingerprint density at radius 1 is 1.19 bits per heavy atom. The second-order valence-corrected chi connectivity index (χ2v) is 8.02. The molecule has 0 amide bonds. The number of halogens is 1. The van der Waals surface area contributed by atoms with E-state index in [-0.39, 0.29) is 27.4 Å². The maximum atomic E-state index is 12.5. The molecule has 0 aliphatic carbocycles. The molecule has 1 aromatic heterocycles. The first-order valence-electron chi connectivity index (χ1n) is 7.44. The Bertz CT molecular complexity index is 965. The minimum absolute atomic E-state index is 0.0542. The first kappa shape index (κ1) is 19.9. The summed E-state index contributed by atoms with van der Waals surface area (Å²) >= 11 is 6.14. The van der Waals surface area contributed by atoms with E-state index in [2.05, 4.69) is 9.84 Å². The Morgan fingerprint density at radius 3 is 2.38 bits per heavy atom. The van der Waals surface area contributed by atoms with Crippen LogP contribution in [0.1, 0.15) is 40.6 Å². The Labute approximate surface area is 155 Å². The number of sulfone groups is 1. The van der Waals surface area contributed by atoms with Crippen LogP contribution in [0, 0.1) is 0 Å². The van der Waals surface area contributed by atoms with E-state index in [9.17, 15) is 18.0 Å². The molecule has 8 nitrogen and oxygen atoms in total. The molecule has 0 fully saturated rings. The summed E-state index contributed by atoms with van der Waals surface area (Å²) in [6.45, 7) is 3.71. The van der Waals surface area contributed by atoms with E-state index in [0.717, 1.165) is 19.4 Å². The fraction of sp³-hybridized carbons (Fsp3) is 0.312. The lowest BCUT2D eigenvalue weighted by Crippen LogP contribution is -2.17. The average Bonchev–Trinajstić information content (AvgIpc) is 3.01. The van der Waals surface area contributed by atoms with Crippen LogP contribution in [0.15, 0.2) is 29.3 Å². The third-order valence-corrected chi connectivity index (χ3v) is 4.96. The summed E-state index contributed by atoms with van der Waals surface area (Å²) in [6.07, 6.45) is 2.39. The van der Waals surface area contributed by atoms with Crippen molar-refractivity contribution in [2.75, 3.05) is 13.4 Å². The molecular formula is C16H17ClN2O6S. The van der Waals surface area contributed by atoms with E-state index in [1.165, 1.54) is 23.0 Å². The highest BCUT2D eigenvalue weighted by Gasteiger charge is 2.28. The van der Waals surface area contributed by atoms with Crippen LogP contribution in [0.25, 0.3) is 0 Å². The van der Waals surface area contributed by atoms with Crippen molar-refractivity contribution < 1.29 is 27.5 Å². The van der Waals surface area contributed by atoms with E-state index in [0.29, 0.717) is 0 Å². The summed E-state index contributed by atoms with van der Waals surface area (Å²) in [5.41, 5.74) is -0.584. The number of hydrogen-bond donors (Lipinski definition) is 0. The van der Waals surface area contributed by atoms with Crippen LogP contribution in [0.4, 0.5) is 0 Å². The summed E-state index contributed by atoms with van der Waals surface area (Å²) in [7, 11) is -2.69. The standard InChI is InChI=1S/C16H17ClN2O6S/c1-9(2)19-12(7-8-18-19)25-15(20)10-5-6-11(26(4,22)23)13(14(10)17)16(21)24-3/h5-9H,1-4H3. The predicted molar refractivity (Wildman–Crippen MR) is 93.5 cm³/mol. The van der Waals surface area contributed by atoms with Crippen molar-refractivity contribution in [2.45, 2.75) is 24.8 Å². The molecule has 0 atom stereocenters. The van der Waals surface area contributed by atoms with Gasteiger partial charge in [0.05, 0.1) is 40.4 Å². The highest BCUT2D eigenvalue weighted by molar-refractivity contribution is 7.90. The van der Waals surface area contributed by atoms with Crippen LogP contribution in [0.5, 0.6) is 5.88 Å². The molecule has 0 saturated carbocycles. The van der Waals surface area contributed by atoms with Gasteiger partial charge in [0.15, 0.2) is 9.84 Å². The Morgan fingerprint density at radius 2 is 1.85 bits per heavy atom. The number of benzene rings is 1. The lowest BCUT2D eigenvalue weighted by molar-refractivity contribution is 0.0596. The Kier molecular flexibility index (Phi) is 5.72. The van der Waals surface area contributed by atoms with Crippen LogP contribution < -0.4 is 4.74 Å². The van der Waals surface area contributed by atoms with Gasteiger partial charge in [0, 0.05) is 12.3 Å². The number of hydrogen-bond acceptors (Lipinski definition) is 7. The number of esters is 2. The molecule has 140 valence electrons. The van der Waals surface area contributed by atoms with Crippen molar-refractivity contribution in [2.24, 2.45) is 0 Å². The molecule has 0 aliphatic rings. The fourth-order valence-corrected chi connectivity index (χ4v) is 3.48. The van der Waals surface area contributed by atoms with Crippen molar-refractivity contribution in [3.05, 3.63) is 40.5 Å². The Balaban J connectivity index is 2.52. The molecule has 26 heavy (non-hydrogen) atoms. The Hall–Kier alpha value is -2.39. The number of aromatic nitrogens is 2. The van der Waals surface area contributed by atoms with Crippen molar-refractivity contribution >= 4 is 33.4 Å². The molecule has 2 rings (SSSR count). The summed E-state index contributed by atoms with van der Waals surface area (Å²) < 4.78 is 35.1. The molecular weight excluding hydrogens is 384 g/mol. The van der Waals surface area contributed by atoms with E-state index < -0.39 is 27.3 Å². The normalized spacial score (nSPS) is 11.5. The van der Waals surface area contributed by atoms with E-state index >= 15 is 0 Å². The van der Waals surface area contributed by atoms with E-state index in [4.69, 9.17) is 16.3 Å². The second kappa shape index (κ2) is 7.46. The van der Waals surface area contributed by atoms with Gasteiger partial charge in [-0.2, -0.15) is 5.10 Å². The molecule has 1 heterocycles. The number of carbonyl (C=O) groups excluding carboxylic acids is 2. The molecule has 0 bridgehead atoms. The van der Waals surface area contributed by atoms with Crippen LogP contribution in [-0.4, -0.2) is 43.5 Å². The molecule has 0 radical (unpaired) electrons. The van der Waals surface area contributed by atoms with Gasteiger partial charge in [-0.3, -0.25) is 0 Å². The van der Waals surface area contributed by atoms with Gasteiger partial charge in [-0.25, -0.2) is 22.7 Å². The number of methoxy groups -OCH3 is 1. The first-order valence-corrected chi connectivity index (χ1v) is 9.71. The van der Waals surface area contributed by atoms with Gasteiger partial charge in [0.25, 0.3) is 0 Å². The second-order valence-electron chi connectivity index (χ2n) is 5.66. The zero-order valence-electron chi connectivity index (χ0n) is 14.5. The van der Waals surface area contributed by atoms with Crippen LogP contribution in [0.3, 0.4) is 0 Å². The third kappa shape index (κ3) is 3.88. The lowest BCUT2D eigenvalue weighted by Gasteiger charge is -2.13. The van der Waals surface area contributed by atoms with Crippen LogP contribution in [0.2, 0.25) is 5.02 Å². The molecule has 0 N–H and O–H groups in total. The molecule has 0 unspecified atom stereocenters. The van der Waals surface area contributed by atoms with Gasteiger partial charge in [-0.15, -0.1) is 0 Å². The van der Waals surface area contributed by atoms with Crippen LogP contribution in [-0.2, 0) is 14.6 Å². The molecule has 10 heteroatoms. The zero-order valence-corrected chi connectivity index (χ0v) is 16.1. The highest BCUT2D eigenvalue weighted by atomic mass is 35.5. The summed E-state index contributed by atoms with van der Waals surface area (Å²) in [5, 5.41) is 3.68. The maximum absolute atomic E-state index is 12.5. The number of nitrogens with zero attached hydrogens (tertiary/aromatic N) is 2. The number of carbonyl (C=O) groups is 2. The van der Waals surface area contributed by atoms with Gasteiger partial charge in [0.2, 0.25) is 5.88 Å². The smallest absolute Gasteiger partial charge is 0.346 e. The third-order valence-electron chi connectivity index (χ3n) is 3.43. The molecule has 0 aliphatic heterocycles. The first-order chi connectivity index (χ1) is 12.1. The largest absolute Gasteiger partial charge is 0.465 e. The number of ether oxygens (including phenoxy) is 2. The minimum atomic E-state index is -3.77. The van der Waals surface area contributed by atoms with Gasteiger partial charge in [-0.05, 0) is 26.0 Å². The lowest BCUT2D eigenvalue weighted by atomic mass is 10.1. The molecule has 2 aromatic rings. The van der Waals surface area contributed by atoms with Gasteiger partial charge in [-0.1, -0.05) is 11.6 Å². The van der Waals surface area contributed by atoms with Gasteiger partial charge < -0.3 is 9.47 Å². The van der Waals surface area contributed by atoms with E-state index in [1.54, 1.807) is 0 Å². The molecule has 0 saturated heterocycles. The van der Waals surface area contributed by atoms with Crippen molar-refractivity contribution in [1.82, 2.24) is 9.78 Å². The van der Waals surface area contributed by atoms with Gasteiger partial charge in [0.1, 0.15) is 0 Å². The quantitative estimate of drug-likeness (QED) is 0.710. The highest BCUT2D eigenvalue weighted by Crippen LogP contribution is 2.30. The minimum Gasteiger partial charge on any atom is -0.465 e. The average molecular weight is 401 g/mol. The zero-order chi connectivity index (χ0) is 19.6. The van der Waals surface area contributed by atoms with E-state index in [1.807, 2.05) is 13.8 Å². The topological polar surface area (TPSA) is 105 Å². The molecule has 1 aromatic carbocycles.